The van der Waals surface area contributed by atoms with Gasteiger partial charge in [0.05, 0.1) is 0 Å². The second kappa shape index (κ2) is 3.89. The van der Waals surface area contributed by atoms with E-state index < -0.39 is 0 Å². The summed E-state index contributed by atoms with van der Waals surface area (Å²) in [7, 11) is 0. The van der Waals surface area contributed by atoms with E-state index in [-0.39, 0.29) is 5.82 Å². The molecule has 0 amide bonds. The Morgan fingerprint density at radius 2 is 2.07 bits per heavy atom. The number of halogens is 1. The van der Waals surface area contributed by atoms with Crippen LogP contribution in [0.2, 0.25) is 0 Å². The summed E-state index contributed by atoms with van der Waals surface area (Å²) in [6.07, 6.45) is 1.54. The SMILES string of the molecule is N#Cc1ncccc1-c1cccc(F)c1. The summed E-state index contributed by atoms with van der Waals surface area (Å²) in [5.41, 5.74) is 1.63. The molecule has 15 heavy (non-hydrogen) atoms. The van der Waals surface area contributed by atoms with Crippen molar-refractivity contribution in [3.8, 4) is 17.2 Å². The highest BCUT2D eigenvalue weighted by atomic mass is 19.1. The zero-order chi connectivity index (χ0) is 10.7. The first kappa shape index (κ1) is 9.35. The molecule has 2 aromatic rings. The summed E-state index contributed by atoms with van der Waals surface area (Å²) < 4.78 is 13.0. The van der Waals surface area contributed by atoms with Crippen LogP contribution in [0.1, 0.15) is 5.69 Å². The van der Waals surface area contributed by atoms with Crippen molar-refractivity contribution in [1.82, 2.24) is 4.98 Å². The van der Waals surface area contributed by atoms with Gasteiger partial charge < -0.3 is 0 Å². The molecule has 0 aliphatic heterocycles. The molecule has 3 heteroatoms. The molecule has 0 saturated heterocycles. The third-order valence-electron chi connectivity index (χ3n) is 2.05. The van der Waals surface area contributed by atoms with Gasteiger partial charge in [0.15, 0.2) is 0 Å². The van der Waals surface area contributed by atoms with Gasteiger partial charge in [-0.15, -0.1) is 0 Å². The van der Waals surface area contributed by atoms with Crippen LogP contribution in [0, 0.1) is 17.1 Å². The molecule has 1 aromatic heterocycles. The molecule has 2 nitrogen and oxygen atoms in total. The molecule has 0 fully saturated rings. The van der Waals surface area contributed by atoms with Crippen molar-refractivity contribution in [1.29, 1.82) is 5.26 Å². The second-order valence-corrected chi connectivity index (χ2v) is 3.02. The molecule has 1 heterocycles. The topological polar surface area (TPSA) is 36.7 Å². The smallest absolute Gasteiger partial charge is 0.148 e. The first-order chi connectivity index (χ1) is 7.31. The predicted molar refractivity (Wildman–Crippen MR) is 54.3 cm³/mol. The van der Waals surface area contributed by atoms with Crippen molar-refractivity contribution >= 4 is 0 Å². The molecule has 1 aromatic carbocycles. The van der Waals surface area contributed by atoms with E-state index in [0.717, 1.165) is 0 Å². The van der Waals surface area contributed by atoms with Crippen LogP contribution in [-0.4, -0.2) is 4.98 Å². The number of rotatable bonds is 1. The monoisotopic (exact) mass is 198 g/mol. The van der Waals surface area contributed by atoms with E-state index in [1.54, 1.807) is 30.5 Å². The molecular formula is C12H7FN2. The molecule has 72 valence electrons. The number of nitrogens with zero attached hydrogens (tertiary/aromatic N) is 2. The van der Waals surface area contributed by atoms with E-state index in [4.69, 9.17) is 5.26 Å². The van der Waals surface area contributed by atoms with Crippen LogP contribution in [0.3, 0.4) is 0 Å². The molecule has 0 radical (unpaired) electrons. The lowest BCUT2D eigenvalue weighted by Gasteiger charge is -2.02. The van der Waals surface area contributed by atoms with Gasteiger partial charge in [-0.1, -0.05) is 12.1 Å². The highest BCUT2D eigenvalue weighted by molar-refractivity contribution is 5.68. The van der Waals surface area contributed by atoms with E-state index in [1.807, 2.05) is 6.07 Å². The Morgan fingerprint density at radius 3 is 2.80 bits per heavy atom. The predicted octanol–water partition coefficient (Wildman–Crippen LogP) is 2.76. The molecule has 0 spiro atoms. The van der Waals surface area contributed by atoms with E-state index in [1.165, 1.54) is 12.1 Å². The Hall–Kier alpha value is -2.21. The highest BCUT2D eigenvalue weighted by Crippen LogP contribution is 2.21. The summed E-state index contributed by atoms with van der Waals surface area (Å²) >= 11 is 0. The van der Waals surface area contributed by atoms with Crippen LogP contribution in [0.25, 0.3) is 11.1 Å². The van der Waals surface area contributed by atoms with Crippen LogP contribution >= 0.6 is 0 Å². The van der Waals surface area contributed by atoms with Gasteiger partial charge in [0.2, 0.25) is 0 Å². The Balaban J connectivity index is 2.60. The van der Waals surface area contributed by atoms with Crippen LogP contribution in [-0.2, 0) is 0 Å². The number of pyridine rings is 1. The molecule has 0 unspecified atom stereocenters. The summed E-state index contributed by atoms with van der Waals surface area (Å²) in [4.78, 5) is 3.92. The van der Waals surface area contributed by atoms with E-state index in [2.05, 4.69) is 4.98 Å². The Morgan fingerprint density at radius 1 is 1.20 bits per heavy atom. The van der Waals surface area contributed by atoms with Gasteiger partial charge in [0.1, 0.15) is 17.6 Å². The average Bonchev–Trinajstić information content (AvgIpc) is 2.29. The zero-order valence-corrected chi connectivity index (χ0v) is 7.81. The third-order valence-corrected chi connectivity index (χ3v) is 2.05. The molecule has 0 saturated carbocycles. The van der Waals surface area contributed by atoms with Crippen molar-refractivity contribution in [2.75, 3.05) is 0 Å². The lowest BCUT2D eigenvalue weighted by atomic mass is 10.0. The fourth-order valence-corrected chi connectivity index (χ4v) is 1.38. The number of hydrogen-bond donors (Lipinski definition) is 0. The van der Waals surface area contributed by atoms with Crippen molar-refractivity contribution in [2.24, 2.45) is 0 Å². The Bertz CT molecular complexity index is 529. The van der Waals surface area contributed by atoms with Crippen LogP contribution in [0.15, 0.2) is 42.6 Å². The van der Waals surface area contributed by atoms with E-state index in [9.17, 15) is 4.39 Å². The third kappa shape index (κ3) is 1.84. The molecular weight excluding hydrogens is 191 g/mol. The molecule has 0 N–H and O–H groups in total. The largest absolute Gasteiger partial charge is 0.245 e. The van der Waals surface area contributed by atoms with Gasteiger partial charge in [0, 0.05) is 11.8 Å². The zero-order valence-electron chi connectivity index (χ0n) is 7.81. The Kier molecular flexibility index (Phi) is 2.42. The maximum Gasteiger partial charge on any atom is 0.148 e. The van der Waals surface area contributed by atoms with Crippen molar-refractivity contribution in [2.45, 2.75) is 0 Å². The minimum atomic E-state index is -0.319. The summed E-state index contributed by atoms with van der Waals surface area (Å²) in [5, 5.41) is 8.84. The van der Waals surface area contributed by atoms with Crippen molar-refractivity contribution in [3.63, 3.8) is 0 Å². The summed E-state index contributed by atoms with van der Waals surface area (Å²) in [6.45, 7) is 0. The molecule has 2 rings (SSSR count). The molecule has 0 aliphatic rings. The fraction of sp³-hybridized carbons (Fsp3) is 0. The van der Waals surface area contributed by atoms with Gasteiger partial charge in [-0.2, -0.15) is 5.26 Å². The van der Waals surface area contributed by atoms with E-state index >= 15 is 0 Å². The van der Waals surface area contributed by atoms with Gasteiger partial charge in [-0.05, 0) is 29.8 Å². The van der Waals surface area contributed by atoms with Crippen LogP contribution < -0.4 is 0 Å². The Labute approximate surface area is 86.6 Å². The van der Waals surface area contributed by atoms with Crippen molar-refractivity contribution in [3.05, 3.63) is 54.1 Å². The molecule has 0 bridgehead atoms. The lowest BCUT2D eigenvalue weighted by Crippen LogP contribution is -1.88. The van der Waals surface area contributed by atoms with Crippen LogP contribution in [0.4, 0.5) is 4.39 Å². The van der Waals surface area contributed by atoms with E-state index in [0.29, 0.717) is 16.8 Å². The van der Waals surface area contributed by atoms with Gasteiger partial charge in [-0.25, -0.2) is 9.37 Å². The highest BCUT2D eigenvalue weighted by Gasteiger charge is 2.05. The van der Waals surface area contributed by atoms with Gasteiger partial charge >= 0.3 is 0 Å². The minimum absolute atomic E-state index is 0.308. The fourth-order valence-electron chi connectivity index (χ4n) is 1.38. The maximum atomic E-state index is 13.0. The maximum absolute atomic E-state index is 13.0. The van der Waals surface area contributed by atoms with Crippen molar-refractivity contribution < 1.29 is 4.39 Å². The number of hydrogen-bond acceptors (Lipinski definition) is 2. The van der Waals surface area contributed by atoms with Gasteiger partial charge in [0.25, 0.3) is 0 Å². The first-order valence-corrected chi connectivity index (χ1v) is 4.42. The number of aromatic nitrogens is 1. The minimum Gasteiger partial charge on any atom is -0.245 e. The average molecular weight is 198 g/mol. The van der Waals surface area contributed by atoms with Crippen LogP contribution in [0.5, 0.6) is 0 Å². The molecule has 0 atom stereocenters. The second-order valence-electron chi connectivity index (χ2n) is 3.02. The summed E-state index contributed by atoms with van der Waals surface area (Å²) in [5.74, 6) is -0.319. The number of nitriles is 1. The lowest BCUT2D eigenvalue weighted by molar-refractivity contribution is 0.628. The number of benzene rings is 1. The van der Waals surface area contributed by atoms with Gasteiger partial charge in [-0.3, -0.25) is 0 Å². The quantitative estimate of drug-likeness (QED) is 0.706. The standard InChI is InChI=1S/C12H7FN2/c13-10-4-1-3-9(7-10)11-5-2-6-15-12(11)8-14/h1-7H. The summed E-state index contributed by atoms with van der Waals surface area (Å²) in [6, 6.07) is 11.6. The molecule has 0 aliphatic carbocycles. The first-order valence-electron chi connectivity index (χ1n) is 4.42. The normalized spacial score (nSPS) is 9.60.